The number of benzene rings is 1. The Balaban J connectivity index is 1.81. The zero-order chi connectivity index (χ0) is 12.4. The van der Waals surface area contributed by atoms with Crippen LogP contribution in [0.25, 0.3) is 0 Å². The highest BCUT2D eigenvalue weighted by atomic mass is 32.2. The molecule has 0 spiro atoms. The molecule has 2 atom stereocenters. The summed E-state index contributed by atoms with van der Waals surface area (Å²) < 4.78 is 5.47. The molecule has 94 valence electrons. The molecule has 1 aromatic heterocycles. The van der Waals surface area contributed by atoms with Crippen LogP contribution in [0.2, 0.25) is 0 Å². The predicted molar refractivity (Wildman–Crippen MR) is 75.2 cm³/mol. The first kappa shape index (κ1) is 11.9. The lowest BCUT2D eigenvalue weighted by Gasteiger charge is -2.22. The molecule has 0 saturated carbocycles. The number of rotatable bonds is 4. The number of hydrogen-bond donors (Lipinski definition) is 1. The maximum atomic E-state index is 5.47. The van der Waals surface area contributed by atoms with Gasteiger partial charge in [0.1, 0.15) is 5.76 Å². The Kier molecular flexibility index (Phi) is 3.43. The molecule has 2 unspecified atom stereocenters. The van der Waals surface area contributed by atoms with Crippen LogP contribution in [0.4, 0.5) is 0 Å². The minimum Gasteiger partial charge on any atom is -0.469 e. The molecule has 0 bridgehead atoms. The van der Waals surface area contributed by atoms with E-state index in [9.17, 15) is 0 Å². The van der Waals surface area contributed by atoms with Crippen molar-refractivity contribution in [3.8, 4) is 0 Å². The first-order valence-electron chi connectivity index (χ1n) is 6.30. The zero-order valence-electron chi connectivity index (χ0n) is 10.4. The lowest BCUT2D eigenvalue weighted by Crippen LogP contribution is -2.34. The number of furan rings is 1. The fourth-order valence-electron chi connectivity index (χ4n) is 2.61. The van der Waals surface area contributed by atoms with Crippen molar-refractivity contribution in [3.63, 3.8) is 0 Å². The highest BCUT2D eigenvalue weighted by molar-refractivity contribution is 7.99. The standard InChI is InChI=1S/C15H17NOS/c1-16-14(9-11-5-4-8-17-11)13-10-18-15-7-3-2-6-12(13)15/h2-8,13-14,16H,9-10H2,1H3. The maximum absolute atomic E-state index is 5.47. The molecule has 0 amide bonds. The molecule has 1 aliphatic heterocycles. The van der Waals surface area contributed by atoms with Gasteiger partial charge in [-0.2, -0.15) is 0 Å². The van der Waals surface area contributed by atoms with Gasteiger partial charge in [-0.3, -0.25) is 0 Å². The number of likely N-dealkylation sites (N-methyl/N-ethyl adjacent to an activating group) is 1. The van der Waals surface area contributed by atoms with Gasteiger partial charge in [-0.1, -0.05) is 18.2 Å². The largest absolute Gasteiger partial charge is 0.469 e. The lowest BCUT2D eigenvalue weighted by molar-refractivity contribution is 0.427. The Labute approximate surface area is 112 Å². The number of hydrogen-bond acceptors (Lipinski definition) is 3. The minimum absolute atomic E-state index is 0.437. The Morgan fingerprint density at radius 3 is 3.00 bits per heavy atom. The third kappa shape index (κ3) is 2.20. The molecule has 1 N–H and O–H groups in total. The average molecular weight is 259 g/mol. The van der Waals surface area contributed by atoms with Crippen molar-refractivity contribution in [2.24, 2.45) is 0 Å². The minimum atomic E-state index is 0.437. The predicted octanol–water partition coefficient (Wildman–Crippen LogP) is 3.30. The van der Waals surface area contributed by atoms with Crippen molar-refractivity contribution in [1.29, 1.82) is 0 Å². The summed E-state index contributed by atoms with van der Waals surface area (Å²) >= 11 is 1.96. The van der Waals surface area contributed by atoms with E-state index in [0.29, 0.717) is 12.0 Å². The Bertz CT molecular complexity index is 509. The quantitative estimate of drug-likeness (QED) is 0.912. The second-order valence-electron chi connectivity index (χ2n) is 4.63. The average Bonchev–Trinajstić information content (AvgIpc) is 3.05. The van der Waals surface area contributed by atoms with Gasteiger partial charge in [-0.05, 0) is 30.8 Å². The Morgan fingerprint density at radius 2 is 2.22 bits per heavy atom. The third-order valence-corrected chi connectivity index (χ3v) is 4.80. The summed E-state index contributed by atoms with van der Waals surface area (Å²) in [7, 11) is 2.04. The van der Waals surface area contributed by atoms with Crippen LogP contribution < -0.4 is 5.32 Å². The smallest absolute Gasteiger partial charge is 0.105 e. The van der Waals surface area contributed by atoms with Crippen LogP contribution in [0.15, 0.2) is 52.0 Å². The van der Waals surface area contributed by atoms with Crippen LogP contribution in [0, 0.1) is 0 Å². The van der Waals surface area contributed by atoms with Gasteiger partial charge in [0.2, 0.25) is 0 Å². The van der Waals surface area contributed by atoms with Crippen molar-refractivity contribution in [2.45, 2.75) is 23.3 Å². The van der Waals surface area contributed by atoms with Gasteiger partial charge in [0.15, 0.2) is 0 Å². The van der Waals surface area contributed by atoms with Crippen molar-refractivity contribution in [1.82, 2.24) is 5.32 Å². The normalized spacial score (nSPS) is 19.7. The molecule has 0 radical (unpaired) electrons. The monoisotopic (exact) mass is 259 g/mol. The fourth-order valence-corrected chi connectivity index (χ4v) is 3.94. The molecule has 0 fully saturated rings. The van der Waals surface area contributed by atoms with Gasteiger partial charge in [0, 0.05) is 29.0 Å². The summed E-state index contributed by atoms with van der Waals surface area (Å²) in [6, 6.07) is 13.2. The van der Waals surface area contributed by atoms with Crippen LogP contribution in [0.5, 0.6) is 0 Å². The summed E-state index contributed by atoms with van der Waals surface area (Å²) in [4.78, 5) is 1.43. The molecule has 0 saturated heterocycles. The fraction of sp³-hybridized carbons (Fsp3) is 0.333. The second-order valence-corrected chi connectivity index (χ2v) is 5.70. The van der Waals surface area contributed by atoms with Gasteiger partial charge in [0.05, 0.1) is 6.26 Å². The second kappa shape index (κ2) is 5.21. The van der Waals surface area contributed by atoms with E-state index >= 15 is 0 Å². The SMILES string of the molecule is CNC(Cc1ccco1)C1CSc2ccccc21. The summed E-state index contributed by atoms with van der Waals surface area (Å²) in [5.41, 5.74) is 1.48. The molecule has 3 heteroatoms. The molecule has 0 aliphatic carbocycles. The zero-order valence-corrected chi connectivity index (χ0v) is 11.2. The molecule has 1 aromatic carbocycles. The highest BCUT2D eigenvalue weighted by Gasteiger charge is 2.29. The van der Waals surface area contributed by atoms with Gasteiger partial charge >= 0.3 is 0 Å². The molecular weight excluding hydrogens is 242 g/mol. The molecule has 2 heterocycles. The van der Waals surface area contributed by atoms with E-state index in [-0.39, 0.29) is 0 Å². The molecule has 3 rings (SSSR count). The van der Waals surface area contributed by atoms with Gasteiger partial charge in [-0.25, -0.2) is 0 Å². The number of thioether (sulfide) groups is 1. The topological polar surface area (TPSA) is 25.2 Å². The van der Waals surface area contributed by atoms with E-state index in [1.807, 2.05) is 24.9 Å². The highest BCUT2D eigenvalue weighted by Crippen LogP contribution is 2.41. The summed E-state index contributed by atoms with van der Waals surface area (Å²) in [5, 5.41) is 3.45. The van der Waals surface area contributed by atoms with E-state index in [1.54, 1.807) is 6.26 Å². The van der Waals surface area contributed by atoms with Crippen LogP contribution in [-0.2, 0) is 6.42 Å². The number of fused-ring (bicyclic) bond motifs is 1. The van der Waals surface area contributed by atoms with Crippen LogP contribution >= 0.6 is 11.8 Å². The third-order valence-electron chi connectivity index (χ3n) is 3.59. The van der Waals surface area contributed by atoms with Gasteiger partial charge < -0.3 is 9.73 Å². The van der Waals surface area contributed by atoms with E-state index in [0.717, 1.165) is 17.9 Å². The van der Waals surface area contributed by atoms with Crippen molar-refractivity contribution in [2.75, 3.05) is 12.8 Å². The van der Waals surface area contributed by atoms with Gasteiger partial charge in [-0.15, -0.1) is 11.8 Å². The Morgan fingerprint density at radius 1 is 1.33 bits per heavy atom. The Hall–Kier alpha value is -1.19. The van der Waals surface area contributed by atoms with Crippen molar-refractivity contribution in [3.05, 3.63) is 54.0 Å². The maximum Gasteiger partial charge on any atom is 0.105 e. The molecule has 2 nitrogen and oxygen atoms in total. The molecular formula is C15H17NOS. The van der Waals surface area contributed by atoms with Crippen LogP contribution in [0.1, 0.15) is 17.2 Å². The van der Waals surface area contributed by atoms with Crippen LogP contribution in [-0.4, -0.2) is 18.8 Å². The molecule has 18 heavy (non-hydrogen) atoms. The first-order chi connectivity index (χ1) is 8.88. The van der Waals surface area contributed by atoms with Crippen molar-refractivity contribution >= 4 is 11.8 Å². The number of nitrogens with one attached hydrogen (secondary N) is 1. The van der Waals surface area contributed by atoms with Gasteiger partial charge in [0.25, 0.3) is 0 Å². The van der Waals surface area contributed by atoms with E-state index < -0.39 is 0 Å². The molecule has 1 aliphatic rings. The van der Waals surface area contributed by atoms with E-state index in [4.69, 9.17) is 4.42 Å². The van der Waals surface area contributed by atoms with Crippen LogP contribution in [0.3, 0.4) is 0 Å². The first-order valence-corrected chi connectivity index (χ1v) is 7.28. The lowest BCUT2D eigenvalue weighted by atomic mass is 9.91. The summed E-state index contributed by atoms with van der Waals surface area (Å²) in [6.45, 7) is 0. The summed E-state index contributed by atoms with van der Waals surface area (Å²) in [5.74, 6) is 2.79. The van der Waals surface area contributed by atoms with E-state index in [2.05, 4.69) is 35.6 Å². The van der Waals surface area contributed by atoms with Crippen molar-refractivity contribution < 1.29 is 4.42 Å². The van der Waals surface area contributed by atoms with E-state index in [1.165, 1.54) is 10.5 Å². The molecule has 2 aromatic rings. The summed E-state index contributed by atoms with van der Waals surface area (Å²) in [6.07, 6.45) is 2.70.